The van der Waals surface area contributed by atoms with Gasteiger partial charge in [0.25, 0.3) is 6.47 Å². The van der Waals surface area contributed by atoms with Gasteiger partial charge in [0, 0.05) is 43.7 Å². The maximum Gasteiger partial charge on any atom is 0.290 e. The zero-order valence-electron chi connectivity index (χ0n) is 18.0. The molecule has 0 bridgehead atoms. The molecule has 10 nitrogen and oxygen atoms in total. The van der Waals surface area contributed by atoms with Gasteiger partial charge in [-0.15, -0.1) is 0 Å². The second kappa shape index (κ2) is 11.1. The van der Waals surface area contributed by atoms with Crippen LogP contribution in [0.4, 0.5) is 0 Å². The van der Waals surface area contributed by atoms with Crippen LogP contribution < -0.4 is 9.46 Å². The maximum atomic E-state index is 13.0. The molecule has 3 rings (SSSR count). The summed E-state index contributed by atoms with van der Waals surface area (Å²) in [7, 11) is -0.587. The number of sulfonamides is 1. The lowest BCUT2D eigenvalue weighted by Crippen LogP contribution is -2.43. The van der Waals surface area contributed by atoms with E-state index >= 15 is 0 Å². The van der Waals surface area contributed by atoms with Gasteiger partial charge in [0.15, 0.2) is 0 Å². The first kappa shape index (κ1) is 24.7. The molecule has 1 aliphatic rings. The highest BCUT2D eigenvalue weighted by atomic mass is 32.2. The zero-order chi connectivity index (χ0) is 23.0. The first-order valence-electron chi connectivity index (χ1n) is 9.62. The predicted molar refractivity (Wildman–Crippen MR) is 114 cm³/mol. The number of methoxy groups -OCH3 is 2. The summed E-state index contributed by atoms with van der Waals surface area (Å²) in [5.41, 5.74) is 1.31. The molecule has 1 fully saturated rings. The van der Waals surface area contributed by atoms with Crippen LogP contribution in [0.1, 0.15) is 12.7 Å². The number of carbonyl (C=O) groups is 1. The Morgan fingerprint density at radius 3 is 2.45 bits per heavy atom. The van der Waals surface area contributed by atoms with Crippen molar-refractivity contribution in [1.82, 2.24) is 19.6 Å². The second-order valence-corrected chi connectivity index (χ2v) is 8.55. The van der Waals surface area contributed by atoms with Crippen molar-refractivity contribution in [3.05, 3.63) is 36.4 Å². The van der Waals surface area contributed by atoms with E-state index in [2.05, 4.69) is 19.6 Å². The average Bonchev–Trinajstić information content (AvgIpc) is 3.15. The van der Waals surface area contributed by atoms with Gasteiger partial charge >= 0.3 is 0 Å². The third-order valence-corrected chi connectivity index (χ3v) is 6.46. The topological polar surface area (TPSA) is 131 Å². The number of aryl methyl sites for hydroxylation is 1. The van der Waals surface area contributed by atoms with Gasteiger partial charge in [-0.3, -0.25) is 9.69 Å². The molecule has 1 aliphatic heterocycles. The first-order valence-corrected chi connectivity index (χ1v) is 11.1. The van der Waals surface area contributed by atoms with Crippen LogP contribution in [0.3, 0.4) is 0 Å². The molecular weight excluding hydrogens is 424 g/mol. The minimum absolute atomic E-state index is 0.161. The number of hydrogen-bond donors (Lipinski definition) is 2. The third kappa shape index (κ3) is 6.20. The monoisotopic (exact) mass is 452 g/mol. The molecule has 11 heteroatoms. The Morgan fingerprint density at radius 1 is 1.26 bits per heavy atom. The summed E-state index contributed by atoms with van der Waals surface area (Å²) in [6.45, 7) is 5.75. The van der Waals surface area contributed by atoms with Crippen molar-refractivity contribution < 1.29 is 27.8 Å². The van der Waals surface area contributed by atoms with Gasteiger partial charge in [-0.1, -0.05) is 6.92 Å². The van der Waals surface area contributed by atoms with Gasteiger partial charge in [0.05, 0.1) is 24.2 Å². The number of benzene rings is 1. The van der Waals surface area contributed by atoms with Crippen LogP contribution in [0, 0.1) is 6.92 Å². The Morgan fingerprint density at radius 2 is 1.90 bits per heavy atom. The van der Waals surface area contributed by atoms with Crippen LogP contribution in [0.25, 0.3) is 11.1 Å². The summed E-state index contributed by atoms with van der Waals surface area (Å²) < 4.78 is 39.7. The lowest BCUT2D eigenvalue weighted by atomic mass is 10.1. The van der Waals surface area contributed by atoms with E-state index < -0.39 is 10.0 Å². The SMILES string of the molecule is CCN1C[C@H](NS(=O)(=O)c2ccc(OC)c(-c3cnc(C)nc3)c2)[C@@H](OC)C1.O=CO. The van der Waals surface area contributed by atoms with Gasteiger partial charge < -0.3 is 14.6 Å². The van der Waals surface area contributed by atoms with E-state index in [1.54, 1.807) is 45.7 Å². The van der Waals surface area contributed by atoms with Crippen molar-refractivity contribution in [2.45, 2.75) is 30.9 Å². The summed E-state index contributed by atoms with van der Waals surface area (Å²) in [6, 6.07) is 4.46. The Kier molecular flexibility index (Phi) is 8.87. The number of ether oxygens (including phenoxy) is 2. The molecule has 31 heavy (non-hydrogen) atoms. The molecule has 2 heterocycles. The van der Waals surface area contributed by atoms with Crippen LogP contribution in [-0.4, -0.2) is 80.9 Å². The normalized spacial score (nSPS) is 18.8. The molecule has 0 radical (unpaired) electrons. The number of nitrogens with one attached hydrogen (secondary N) is 1. The Hall–Kier alpha value is -2.60. The van der Waals surface area contributed by atoms with Gasteiger partial charge in [-0.25, -0.2) is 23.1 Å². The number of hydrogen-bond acceptors (Lipinski definition) is 8. The average molecular weight is 453 g/mol. The fraction of sp³-hybridized carbons (Fsp3) is 0.450. The summed E-state index contributed by atoms with van der Waals surface area (Å²) in [5, 5.41) is 6.89. The van der Waals surface area contributed by atoms with Crippen molar-refractivity contribution in [3.8, 4) is 16.9 Å². The molecule has 1 saturated heterocycles. The number of carboxylic acid groups (broad SMARTS) is 1. The van der Waals surface area contributed by atoms with Crippen molar-refractivity contribution in [1.29, 1.82) is 0 Å². The lowest BCUT2D eigenvalue weighted by molar-refractivity contribution is -0.122. The van der Waals surface area contributed by atoms with Crippen LogP contribution in [-0.2, 0) is 19.6 Å². The highest BCUT2D eigenvalue weighted by Crippen LogP contribution is 2.31. The molecule has 0 spiro atoms. The molecular formula is C20H28N4O6S. The Bertz CT molecular complexity index is 968. The Labute approximate surface area is 182 Å². The van der Waals surface area contributed by atoms with Crippen LogP contribution in [0.5, 0.6) is 5.75 Å². The fourth-order valence-electron chi connectivity index (χ4n) is 3.34. The molecule has 0 amide bonds. The maximum absolute atomic E-state index is 13.0. The van der Waals surface area contributed by atoms with Crippen molar-refractivity contribution in [3.63, 3.8) is 0 Å². The van der Waals surface area contributed by atoms with Crippen LogP contribution in [0.2, 0.25) is 0 Å². The van der Waals surface area contributed by atoms with Crippen molar-refractivity contribution in [2.24, 2.45) is 0 Å². The van der Waals surface area contributed by atoms with Gasteiger partial charge in [0.2, 0.25) is 10.0 Å². The number of nitrogens with zero attached hydrogens (tertiary/aromatic N) is 3. The van der Waals surface area contributed by atoms with E-state index in [0.29, 0.717) is 35.8 Å². The predicted octanol–water partition coefficient (Wildman–Crippen LogP) is 1.16. The number of rotatable bonds is 7. The zero-order valence-corrected chi connectivity index (χ0v) is 18.8. The van der Waals surface area contributed by atoms with Crippen molar-refractivity contribution >= 4 is 16.5 Å². The first-order chi connectivity index (χ1) is 14.8. The van der Waals surface area contributed by atoms with E-state index in [1.807, 2.05) is 6.92 Å². The van der Waals surface area contributed by atoms with Crippen LogP contribution in [0.15, 0.2) is 35.5 Å². The molecule has 1 aromatic heterocycles. The van der Waals surface area contributed by atoms with E-state index in [-0.39, 0.29) is 23.5 Å². The van der Waals surface area contributed by atoms with E-state index in [1.165, 1.54) is 6.07 Å². The quantitative estimate of drug-likeness (QED) is 0.594. The lowest BCUT2D eigenvalue weighted by Gasteiger charge is -2.19. The minimum atomic E-state index is -3.74. The van der Waals surface area contributed by atoms with Gasteiger partial charge in [-0.2, -0.15) is 0 Å². The van der Waals surface area contributed by atoms with Crippen molar-refractivity contribution in [2.75, 3.05) is 33.9 Å². The number of likely N-dealkylation sites (N-methyl/N-ethyl adjacent to an activating group) is 1. The summed E-state index contributed by atoms with van der Waals surface area (Å²) in [6.07, 6.45) is 3.13. The van der Waals surface area contributed by atoms with Gasteiger partial charge in [-0.05, 0) is 31.7 Å². The number of aromatic nitrogens is 2. The molecule has 0 unspecified atom stereocenters. The number of likely N-dealkylation sites (tertiary alicyclic amines) is 1. The molecule has 2 atom stereocenters. The molecule has 2 N–H and O–H groups in total. The summed E-state index contributed by atoms with van der Waals surface area (Å²) in [4.78, 5) is 19.1. The standard InChI is InChI=1S/C19H26N4O4S.CH2O2/c1-5-23-11-17(19(12-23)27-4)22-28(24,25)15-6-7-18(26-3)16(8-15)14-9-20-13(2)21-10-14;2-1-3/h6-10,17,19,22H,5,11-12H2,1-4H3;1H,(H,2,3)/t17-,19-;/m0./s1. The summed E-state index contributed by atoms with van der Waals surface area (Å²) in [5.74, 6) is 1.19. The highest BCUT2D eigenvalue weighted by Gasteiger charge is 2.35. The highest BCUT2D eigenvalue weighted by molar-refractivity contribution is 7.89. The van der Waals surface area contributed by atoms with Gasteiger partial charge in [0.1, 0.15) is 11.6 Å². The molecule has 0 aliphatic carbocycles. The minimum Gasteiger partial charge on any atom is -0.496 e. The summed E-state index contributed by atoms with van der Waals surface area (Å²) >= 11 is 0. The molecule has 170 valence electrons. The largest absolute Gasteiger partial charge is 0.496 e. The van der Waals surface area contributed by atoms with E-state index in [9.17, 15) is 8.42 Å². The smallest absolute Gasteiger partial charge is 0.290 e. The fourth-order valence-corrected chi connectivity index (χ4v) is 4.62. The molecule has 1 aromatic carbocycles. The molecule has 0 saturated carbocycles. The Balaban J connectivity index is 0.00000107. The second-order valence-electron chi connectivity index (χ2n) is 6.84. The van der Waals surface area contributed by atoms with E-state index in [0.717, 1.165) is 6.54 Å². The van der Waals surface area contributed by atoms with Crippen LogP contribution >= 0.6 is 0 Å². The third-order valence-electron chi connectivity index (χ3n) is 4.97. The van der Waals surface area contributed by atoms with E-state index in [4.69, 9.17) is 19.4 Å². The molecule has 2 aromatic rings.